The van der Waals surface area contributed by atoms with Gasteiger partial charge in [0, 0.05) is 37.3 Å². The Labute approximate surface area is 191 Å². The number of nitrogens with zero attached hydrogens (tertiary/aromatic N) is 3. The molecule has 0 radical (unpaired) electrons. The fraction of sp³-hybridized carbons (Fsp3) is 0.0769. The van der Waals surface area contributed by atoms with Crippen molar-refractivity contribution < 1.29 is 0 Å². The lowest BCUT2D eigenvalue weighted by Crippen LogP contribution is -2.02. The van der Waals surface area contributed by atoms with E-state index in [0.29, 0.717) is 0 Å². The zero-order chi connectivity index (χ0) is 20.9. The van der Waals surface area contributed by atoms with Crippen LogP contribution in [0.5, 0.6) is 0 Å². The normalized spacial score (nSPS) is 11.0. The van der Waals surface area contributed by atoms with Crippen LogP contribution in [0.25, 0.3) is 5.69 Å². The Kier molecular flexibility index (Phi) is 6.23. The average Bonchev–Trinajstić information content (AvgIpc) is 3.06. The van der Waals surface area contributed by atoms with Gasteiger partial charge >= 0.3 is 0 Å². The quantitative estimate of drug-likeness (QED) is 0.168. The zero-order valence-corrected chi connectivity index (χ0v) is 19.1. The van der Waals surface area contributed by atoms with Gasteiger partial charge in [0.25, 0.3) is 0 Å². The highest BCUT2D eigenvalue weighted by atomic mass is 127. The molecule has 0 atom stereocenters. The van der Waals surface area contributed by atoms with Gasteiger partial charge in [0.05, 0.1) is 6.21 Å². The van der Waals surface area contributed by atoms with Crippen molar-refractivity contribution in [3.8, 4) is 5.69 Å². The Balaban J connectivity index is 1.69. The predicted molar refractivity (Wildman–Crippen MR) is 134 cm³/mol. The summed E-state index contributed by atoms with van der Waals surface area (Å²) in [6, 6.07) is 31.0. The molecule has 1 heterocycles. The fourth-order valence-corrected chi connectivity index (χ4v) is 3.89. The van der Waals surface area contributed by atoms with Crippen LogP contribution in [0.4, 0.5) is 0 Å². The number of hydrogen-bond donors (Lipinski definition) is 0. The van der Waals surface area contributed by atoms with E-state index in [1.54, 1.807) is 0 Å². The predicted octanol–water partition coefficient (Wildman–Crippen LogP) is 6.57. The lowest BCUT2D eigenvalue weighted by molar-refractivity contribution is 0.964. The van der Waals surface area contributed by atoms with Crippen LogP contribution in [0.15, 0.2) is 101 Å². The van der Waals surface area contributed by atoms with Crippen LogP contribution in [0.3, 0.4) is 0 Å². The Hall–Kier alpha value is -2.99. The highest BCUT2D eigenvalue weighted by molar-refractivity contribution is 14.1. The van der Waals surface area contributed by atoms with E-state index >= 15 is 0 Å². The maximum atomic E-state index is 4.60. The summed E-state index contributed by atoms with van der Waals surface area (Å²) in [5, 5.41) is 9.07. The maximum absolute atomic E-state index is 4.60. The van der Waals surface area contributed by atoms with Gasteiger partial charge in [-0.2, -0.15) is 5.10 Å². The Morgan fingerprint density at radius 2 is 1.37 bits per heavy atom. The van der Waals surface area contributed by atoms with Crippen molar-refractivity contribution in [1.29, 1.82) is 0 Å². The Morgan fingerprint density at radius 1 is 0.800 bits per heavy atom. The highest BCUT2D eigenvalue weighted by Crippen LogP contribution is 2.21. The molecule has 0 aliphatic carbocycles. The molecular formula is C26H22IN3. The summed E-state index contributed by atoms with van der Waals surface area (Å²) in [4.78, 5) is 0. The molecule has 30 heavy (non-hydrogen) atoms. The van der Waals surface area contributed by atoms with Crippen LogP contribution in [0, 0.1) is 17.4 Å². The molecular weight excluding hydrogens is 481 g/mol. The van der Waals surface area contributed by atoms with E-state index in [9.17, 15) is 0 Å². The molecule has 0 saturated carbocycles. The van der Waals surface area contributed by atoms with Crippen LogP contribution in [0.2, 0.25) is 0 Å². The third-order valence-corrected chi connectivity index (χ3v) is 5.72. The molecule has 0 N–H and O–H groups in total. The third-order valence-electron chi connectivity index (χ3n) is 5.00. The van der Waals surface area contributed by atoms with E-state index in [2.05, 4.69) is 106 Å². The largest absolute Gasteiger partial charge is 0.318 e. The van der Waals surface area contributed by atoms with Crippen molar-refractivity contribution in [2.75, 3.05) is 0 Å². The molecule has 0 saturated heterocycles. The summed E-state index contributed by atoms with van der Waals surface area (Å²) in [6.07, 6.45) is 1.84. The van der Waals surface area contributed by atoms with Crippen LogP contribution < -0.4 is 0 Å². The van der Waals surface area contributed by atoms with E-state index in [4.69, 9.17) is 0 Å². The number of benzene rings is 3. The van der Waals surface area contributed by atoms with Crippen molar-refractivity contribution in [3.63, 3.8) is 0 Å². The SMILES string of the molecule is Cc1cc(/C=N/N=C(c2ccccc2)c2ccccc2)c(C)n1-c1ccc(I)cc1. The molecule has 3 aromatic carbocycles. The second kappa shape index (κ2) is 9.22. The molecule has 3 nitrogen and oxygen atoms in total. The molecule has 0 spiro atoms. The van der Waals surface area contributed by atoms with Crippen LogP contribution in [0.1, 0.15) is 28.1 Å². The minimum absolute atomic E-state index is 0.860. The van der Waals surface area contributed by atoms with Gasteiger partial charge in [-0.15, -0.1) is 5.10 Å². The van der Waals surface area contributed by atoms with Crippen molar-refractivity contribution in [1.82, 2.24) is 4.57 Å². The average molecular weight is 503 g/mol. The number of aromatic nitrogens is 1. The second-order valence-electron chi connectivity index (χ2n) is 7.06. The first-order chi connectivity index (χ1) is 14.6. The number of rotatable bonds is 5. The van der Waals surface area contributed by atoms with Gasteiger partial charge in [-0.25, -0.2) is 0 Å². The van der Waals surface area contributed by atoms with Gasteiger partial charge in [-0.1, -0.05) is 60.7 Å². The maximum Gasteiger partial charge on any atom is 0.100 e. The van der Waals surface area contributed by atoms with E-state index in [1.807, 2.05) is 42.6 Å². The van der Waals surface area contributed by atoms with E-state index in [0.717, 1.165) is 33.8 Å². The summed E-state index contributed by atoms with van der Waals surface area (Å²) in [5.41, 5.74) is 7.49. The summed E-state index contributed by atoms with van der Waals surface area (Å²) in [6.45, 7) is 4.23. The van der Waals surface area contributed by atoms with Crippen LogP contribution >= 0.6 is 22.6 Å². The molecule has 4 heteroatoms. The van der Waals surface area contributed by atoms with Crippen LogP contribution in [-0.4, -0.2) is 16.5 Å². The lowest BCUT2D eigenvalue weighted by atomic mass is 10.0. The van der Waals surface area contributed by atoms with Crippen LogP contribution in [-0.2, 0) is 0 Å². The molecule has 0 aliphatic heterocycles. The molecule has 0 aliphatic rings. The lowest BCUT2D eigenvalue weighted by Gasteiger charge is -2.09. The molecule has 0 unspecified atom stereocenters. The molecule has 0 amide bonds. The zero-order valence-electron chi connectivity index (χ0n) is 17.0. The minimum atomic E-state index is 0.860. The fourth-order valence-electron chi connectivity index (χ4n) is 3.53. The van der Waals surface area contributed by atoms with Crippen molar-refractivity contribution >= 4 is 34.5 Å². The van der Waals surface area contributed by atoms with Gasteiger partial charge in [-0.05, 0) is 66.8 Å². The summed E-state index contributed by atoms with van der Waals surface area (Å²) >= 11 is 2.33. The number of halogens is 1. The minimum Gasteiger partial charge on any atom is -0.318 e. The van der Waals surface area contributed by atoms with Gasteiger partial charge in [0.15, 0.2) is 0 Å². The Morgan fingerprint density at radius 3 is 1.93 bits per heavy atom. The molecule has 4 aromatic rings. The van der Waals surface area contributed by atoms with Crippen molar-refractivity contribution in [2.24, 2.45) is 10.2 Å². The monoisotopic (exact) mass is 503 g/mol. The standard InChI is InChI=1S/C26H22IN3/c1-19-17-23(20(2)30(19)25-15-13-24(27)14-16-25)18-28-29-26(21-9-5-3-6-10-21)22-11-7-4-8-12-22/h3-18H,1-2H3/b28-18+. The molecule has 0 fully saturated rings. The Bertz CT molecular complexity index is 1150. The second-order valence-corrected chi connectivity index (χ2v) is 8.31. The van der Waals surface area contributed by atoms with Crippen molar-refractivity contribution in [3.05, 3.63) is 123 Å². The third kappa shape index (κ3) is 4.44. The number of aryl methyl sites for hydroxylation is 1. The smallest absolute Gasteiger partial charge is 0.100 e. The molecule has 148 valence electrons. The molecule has 1 aromatic heterocycles. The summed E-state index contributed by atoms with van der Waals surface area (Å²) < 4.78 is 3.47. The van der Waals surface area contributed by atoms with E-state index in [1.165, 1.54) is 9.26 Å². The first kappa shape index (κ1) is 20.3. The highest BCUT2D eigenvalue weighted by Gasteiger charge is 2.10. The molecule has 0 bridgehead atoms. The summed E-state index contributed by atoms with van der Waals surface area (Å²) in [7, 11) is 0. The van der Waals surface area contributed by atoms with Gasteiger partial charge in [0.2, 0.25) is 0 Å². The summed E-state index contributed by atoms with van der Waals surface area (Å²) in [5.74, 6) is 0. The first-order valence-electron chi connectivity index (χ1n) is 9.80. The van der Waals surface area contributed by atoms with Gasteiger partial charge < -0.3 is 4.57 Å². The van der Waals surface area contributed by atoms with Crippen molar-refractivity contribution in [2.45, 2.75) is 13.8 Å². The van der Waals surface area contributed by atoms with E-state index < -0.39 is 0 Å². The first-order valence-corrected chi connectivity index (χ1v) is 10.9. The number of hydrogen-bond acceptors (Lipinski definition) is 2. The topological polar surface area (TPSA) is 29.6 Å². The van der Waals surface area contributed by atoms with Gasteiger partial charge in [-0.3, -0.25) is 0 Å². The van der Waals surface area contributed by atoms with Gasteiger partial charge in [0.1, 0.15) is 5.71 Å². The van der Waals surface area contributed by atoms with E-state index in [-0.39, 0.29) is 0 Å². The molecule has 4 rings (SSSR count).